The van der Waals surface area contributed by atoms with Crippen LogP contribution in [0.25, 0.3) is 0 Å². The molecule has 0 aliphatic heterocycles. The van der Waals surface area contributed by atoms with Gasteiger partial charge in [0.1, 0.15) is 0 Å². The van der Waals surface area contributed by atoms with Crippen LogP contribution in [-0.4, -0.2) is 30.3 Å². The summed E-state index contributed by atoms with van der Waals surface area (Å²) in [5, 5.41) is 6.33. The summed E-state index contributed by atoms with van der Waals surface area (Å²) in [6.45, 7) is 1.86. The van der Waals surface area contributed by atoms with Gasteiger partial charge in [0, 0.05) is 0 Å². The number of benzene rings is 1. The van der Waals surface area contributed by atoms with Gasteiger partial charge in [-0.3, -0.25) is 4.79 Å². The molecular weight excluding hydrogens is 262 g/mol. The van der Waals surface area contributed by atoms with Crippen LogP contribution in [0.3, 0.4) is 0 Å². The van der Waals surface area contributed by atoms with E-state index in [1.54, 1.807) is 25.1 Å². The van der Waals surface area contributed by atoms with E-state index in [0.29, 0.717) is 28.8 Å². The molecule has 0 saturated carbocycles. The number of carbonyl (C=O) groups is 1. The van der Waals surface area contributed by atoms with Gasteiger partial charge in [-0.25, -0.2) is 0 Å². The lowest BCUT2D eigenvalue weighted by Gasteiger charge is -2.11. The lowest BCUT2D eigenvalue weighted by Crippen LogP contribution is -2.23. The summed E-state index contributed by atoms with van der Waals surface area (Å²) in [5.41, 5.74) is 0.378. The number of methoxy groups -OCH3 is 2. The van der Waals surface area contributed by atoms with Crippen LogP contribution in [0.15, 0.2) is 22.7 Å². The third kappa shape index (κ3) is 2.87. The minimum atomic E-state index is -0.309. The lowest BCUT2D eigenvalue weighted by molar-refractivity contribution is 0.0942. The molecule has 1 aromatic heterocycles. The minimum absolute atomic E-state index is 0.153. The molecule has 0 radical (unpaired) electrons. The molecule has 7 heteroatoms. The Labute approximate surface area is 115 Å². The number of rotatable bonds is 5. The van der Waals surface area contributed by atoms with Gasteiger partial charge in [0.2, 0.25) is 5.89 Å². The summed E-state index contributed by atoms with van der Waals surface area (Å²) in [5.74, 6) is 1.44. The third-order valence-corrected chi connectivity index (χ3v) is 2.62. The zero-order chi connectivity index (χ0) is 14.5. The van der Waals surface area contributed by atoms with Crippen LogP contribution >= 0.6 is 0 Å². The predicted molar refractivity (Wildman–Crippen MR) is 69.8 cm³/mol. The zero-order valence-electron chi connectivity index (χ0n) is 11.5. The van der Waals surface area contributed by atoms with Crippen LogP contribution in [0.5, 0.6) is 11.5 Å². The molecule has 0 bridgehead atoms. The Morgan fingerprint density at radius 3 is 2.75 bits per heavy atom. The lowest BCUT2D eigenvalue weighted by atomic mass is 10.1. The summed E-state index contributed by atoms with van der Waals surface area (Å²) in [6, 6.07) is 5.08. The van der Waals surface area contributed by atoms with Crippen LogP contribution in [0, 0.1) is 6.92 Å². The average Bonchev–Trinajstić information content (AvgIpc) is 2.89. The fourth-order valence-corrected chi connectivity index (χ4v) is 1.73. The molecule has 0 aliphatic carbocycles. The van der Waals surface area contributed by atoms with E-state index in [0.717, 1.165) is 0 Å². The standard InChI is InChI=1S/C13H15N3O4/c1-8-15-11(20-16-8)7-14-13(17)9-5-4-6-10(18-2)12(9)19-3/h4-6H,7H2,1-3H3,(H,14,17). The number of amides is 1. The number of aromatic nitrogens is 2. The van der Waals surface area contributed by atoms with Crippen LogP contribution in [0.2, 0.25) is 0 Å². The summed E-state index contributed by atoms with van der Waals surface area (Å²) in [7, 11) is 3.00. The van der Waals surface area contributed by atoms with Crippen LogP contribution in [0.1, 0.15) is 22.1 Å². The van der Waals surface area contributed by atoms with Crippen molar-refractivity contribution < 1.29 is 18.8 Å². The Kier molecular flexibility index (Phi) is 4.19. The second-order valence-corrected chi connectivity index (χ2v) is 3.96. The average molecular weight is 277 g/mol. The first-order chi connectivity index (χ1) is 9.65. The van der Waals surface area contributed by atoms with Crippen molar-refractivity contribution in [1.82, 2.24) is 15.5 Å². The van der Waals surface area contributed by atoms with Crippen molar-refractivity contribution in [3.8, 4) is 11.5 Å². The summed E-state index contributed by atoms with van der Waals surface area (Å²) in [4.78, 5) is 16.1. The smallest absolute Gasteiger partial charge is 0.255 e. The Hall–Kier alpha value is -2.57. The van der Waals surface area contributed by atoms with Gasteiger partial charge >= 0.3 is 0 Å². The van der Waals surface area contributed by atoms with Gasteiger partial charge in [0.05, 0.1) is 26.3 Å². The molecule has 2 rings (SSSR count). The van der Waals surface area contributed by atoms with E-state index in [-0.39, 0.29) is 12.5 Å². The van der Waals surface area contributed by atoms with Crippen LogP contribution < -0.4 is 14.8 Å². The van der Waals surface area contributed by atoms with Crippen molar-refractivity contribution in [3.05, 3.63) is 35.5 Å². The highest BCUT2D eigenvalue weighted by Crippen LogP contribution is 2.30. The topological polar surface area (TPSA) is 86.5 Å². The minimum Gasteiger partial charge on any atom is -0.493 e. The Bertz CT molecular complexity index is 609. The maximum atomic E-state index is 12.1. The van der Waals surface area contributed by atoms with Gasteiger partial charge in [0.25, 0.3) is 5.91 Å². The number of carbonyl (C=O) groups excluding carboxylic acids is 1. The molecule has 0 spiro atoms. The summed E-state index contributed by atoms with van der Waals surface area (Å²) < 4.78 is 15.3. The first-order valence-electron chi connectivity index (χ1n) is 5.94. The predicted octanol–water partition coefficient (Wildman–Crippen LogP) is 1.33. The van der Waals surface area contributed by atoms with Crippen molar-refractivity contribution in [2.24, 2.45) is 0 Å². The van der Waals surface area contributed by atoms with E-state index in [4.69, 9.17) is 14.0 Å². The van der Waals surface area contributed by atoms with E-state index in [1.807, 2.05) is 0 Å². The van der Waals surface area contributed by atoms with Crippen molar-refractivity contribution in [2.45, 2.75) is 13.5 Å². The number of nitrogens with zero attached hydrogens (tertiary/aromatic N) is 2. The number of nitrogens with one attached hydrogen (secondary N) is 1. The van der Waals surface area contributed by atoms with Crippen molar-refractivity contribution in [1.29, 1.82) is 0 Å². The normalized spacial score (nSPS) is 10.2. The van der Waals surface area contributed by atoms with Crippen LogP contribution in [-0.2, 0) is 6.54 Å². The van der Waals surface area contributed by atoms with Gasteiger partial charge in [-0.1, -0.05) is 11.2 Å². The molecule has 1 aromatic carbocycles. The van der Waals surface area contributed by atoms with Crippen molar-refractivity contribution >= 4 is 5.91 Å². The fraction of sp³-hybridized carbons (Fsp3) is 0.308. The number of hydrogen-bond donors (Lipinski definition) is 1. The summed E-state index contributed by atoms with van der Waals surface area (Å²) >= 11 is 0. The Balaban J connectivity index is 2.12. The maximum absolute atomic E-state index is 12.1. The molecule has 0 saturated heterocycles. The number of para-hydroxylation sites is 1. The third-order valence-electron chi connectivity index (χ3n) is 2.62. The number of aryl methyl sites for hydroxylation is 1. The Morgan fingerprint density at radius 2 is 2.15 bits per heavy atom. The molecule has 0 atom stereocenters. The maximum Gasteiger partial charge on any atom is 0.255 e. The highest BCUT2D eigenvalue weighted by atomic mass is 16.5. The van der Waals surface area contributed by atoms with Gasteiger partial charge in [-0.15, -0.1) is 0 Å². The first kappa shape index (κ1) is 13.9. The fourth-order valence-electron chi connectivity index (χ4n) is 1.73. The largest absolute Gasteiger partial charge is 0.493 e. The molecule has 0 fully saturated rings. The van der Waals surface area contributed by atoms with E-state index < -0.39 is 0 Å². The molecular formula is C13H15N3O4. The van der Waals surface area contributed by atoms with E-state index in [1.165, 1.54) is 14.2 Å². The number of ether oxygens (including phenoxy) is 2. The van der Waals surface area contributed by atoms with Crippen LogP contribution in [0.4, 0.5) is 0 Å². The highest BCUT2D eigenvalue weighted by molar-refractivity contribution is 5.97. The zero-order valence-corrected chi connectivity index (χ0v) is 11.5. The Morgan fingerprint density at radius 1 is 1.35 bits per heavy atom. The van der Waals surface area contributed by atoms with Crippen molar-refractivity contribution in [3.63, 3.8) is 0 Å². The van der Waals surface area contributed by atoms with Gasteiger partial charge < -0.3 is 19.3 Å². The molecule has 1 N–H and O–H groups in total. The van der Waals surface area contributed by atoms with Gasteiger partial charge in [-0.2, -0.15) is 4.98 Å². The quantitative estimate of drug-likeness (QED) is 0.887. The molecule has 0 unspecified atom stereocenters. The molecule has 2 aromatic rings. The summed E-state index contributed by atoms with van der Waals surface area (Å²) in [6.07, 6.45) is 0. The van der Waals surface area contributed by atoms with Gasteiger partial charge in [-0.05, 0) is 19.1 Å². The molecule has 1 amide bonds. The monoisotopic (exact) mass is 277 g/mol. The number of hydrogen-bond acceptors (Lipinski definition) is 6. The van der Waals surface area contributed by atoms with Gasteiger partial charge in [0.15, 0.2) is 17.3 Å². The molecule has 20 heavy (non-hydrogen) atoms. The van der Waals surface area contributed by atoms with E-state index in [2.05, 4.69) is 15.5 Å². The molecule has 7 nitrogen and oxygen atoms in total. The first-order valence-corrected chi connectivity index (χ1v) is 5.94. The SMILES string of the molecule is COc1cccc(C(=O)NCc2nc(C)no2)c1OC. The highest BCUT2D eigenvalue weighted by Gasteiger charge is 2.16. The second-order valence-electron chi connectivity index (χ2n) is 3.96. The van der Waals surface area contributed by atoms with Crippen molar-refractivity contribution in [2.75, 3.05) is 14.2 Å². The van der Waals surface area contributed by atoms with E-state index in [9.17, 15) is 4.79 Å². The molecule has 1 heterocycles. The molecule has 0 aliphatic rings. The second kappa shape index (κ2) is 6.05. The van der Waals surface area contributed by atoms with E-state index >= 15 is 0 Å². The molecule has 106 valence electrons.